The van der Waals surface area contributed by atoms with Crippen LogP contribution in [-0.2, 0) is 11.4 Å². The molecule has 1 saturated heterocycles. The van der Waals surface area contributed by atoms with E-state index in [2.05, 4.69) is 0 Å². The minimum Gasteiger partial charge on any atom is -0.488 e. The monoisotopic (exact) mass is 465 g/mol. The molecule has 156 valence electrons. The lowest BCUT2D eigenvalue weighted by Crippen LogP contribution is -2.27. The van der Waals surface area contributed by atoms with E-state index in [9.17, 15) is 4.79 Å². The maximum Gasteiger partial charge on any atom is 0.270 e. The Morgan fingerprint density at radius 2 is 1.68 bits per heavy atom. The Bertz CT molecular complexity index is 1150. The molecule has 0 aromatic heterocycles. The SMILES string of the molecule is Cc1cc(/C=C2/SC(=S)N(c3ccccc3)C2=O)cc(C)c1OCc1ccc(Cl)cc1. The lowest BCUT2D eigenvalue weighted by molar-refractivity contribution is -0.113. The van der Waals surface area contributed by atoms with Gasteiger partial charge in [0, 0.05) is 5.02 Å². The maximum atomic E-state index is 13.0. The number of carbonyl (C=O) groups is 1. The predicted octanol–water partition coefficient (Wildman–Crippen LogP) is 6.94. The van der Waals surface area contributed by atoms with Crippen molar-refractivity contribution in [1.29, 1.82) is 0 Å². The van der Waals surface area contributed by atoms with Crippen molar-refractivity contribution >= 4 is 57.6 Å². The van der Waals surface area contributed by atoms with Crippen LogP contribution in [0.1, 0.15) is 22.3 Å². The van der Waals surface area contributed by atoms with Crippen LogP contribution in [0, 0.1) is 13.8 Å². The van der Waals surface area contributed by atoms with Gasteiger partial charge in [0.05, 0.1) is 10.6 Å². The number of hydrogen-bond acceptors (Lipinski definition) is 4. The van der Waals surface area contributed by atoms with Gasteiger partial charge in [0.2, 0.25) is 0 Å². The van der Waals surface area contributed by atoms with E-state index in [4.69, 9.17) is 28.6 Å². The Morgan fingerprint density at radius 3 is 2.32 bits per heavy atom. The second-order valence-electron chi connectivity index (χ2n) is 7.25. The van der Waals surface area contributed by atoms with Crippen molar-refractivity contribution in [3.05, 3.63) is 98.9 Å². The zero-order valence-electron chi connectivity index (χ0n) is 17.1. The number of benzene rings is 3. The fourth-order valence-electron chi connectivity index (χ4n) is 3.45. The van der Waals surface area contributed by atoms with Crippen LogP contribution in [0.4, 0.5) is 5.69 Å². The van der Waals surface area contributed by atoms with Crippen LogP contribution in [0.5, 0.6) is 5.75 Å². The van der Waals surface area contributed by atoms with E-state index in [1.807, 2.05) is 86.7 Å². The molecule has 1 fully saturated rings. The molecule has 0 spiro atoms. The number of thiocarbonyl (C=S) groups is 1. The van der Waals surface area contributed by atoms with E-state index in [1.165, 1.54) is 11.8 Å². The molecule has 0 aliphatic carbocycles. The zero-order chi connectivity index (χ0) is 22.0. The number of anilines is 1. The first kappa shape index (κ1) is 21.6. The van der Waals surface area contributed by atoms with Gasteiger partial charge in [0.25, 0.3) is 5.91 Å². The second kappa shape index (κ2) is 9.27. The molecule has 0 atom stereocenters. The minimum absolute atomic E-state index is 0.0976. The number of aryl methyl sites for hydroxylation is 2. The third-order valence-electron chi connectivity index (χ3n) is 4.88. The normalized spacial score (nSPS) is 15.1. The lowest BCUT2D eigenvalue weighted by Gasteiger charge is -2.14. The van der Waals surface area contributed by atoms with Crippen molar-refractivity contribution in [2.75, 3.05) is 4.90 Å². The summed E-state index contributed by atoms with van der Waals surface area (Å²) in [5.41, 5.74) is 4.81. The van der Waals surface area contributed by atoms with Gasteiger partial charge in [-0.1, -0.05) is 65.9 Å². The third-order valence-corrected chi connectivity index (χ3v) is 6.44. The number of amides is 1. The molecule has 0 saturated carbocycles. The van der Waals surface area contributed by atoms with Gasteiger partial charge in [-0.05, 0) is 78.6 Å². The highest BCUT2D eigenvalue weighted by Gasteiger charge is 2.33. The number of para-hydroxylation sites is 1. The predicted molar refractivity (Wildman–Crippen MR) is 134 cm³/mol. The van der Waals surface area contributed by atoms with E-state index >= 15 is 0 Å². The average Bonchev–Trinajstić information content (AvgIpc) is 3.02. The van der Waals surface area contributed by atoms with E-state index < -0.39 is 0 Å². The van der Waals surface area contributed by atoms with Gasteiger partial charge in [-0.2, -0.15) is 0 Å². The highest BCUT2D eigenvalue weighted by Crippen LogP contribution is 2.36. The lowest BCUT2D eigenvalue weighted by atomic mass is 10.0. The Morgan fingerprint density at radius 1 is 1.03 bits per heavy atom. The van der Waals surface area contributed by atoms with E-state index in [1.54, 1.807) is 4.90 Å². The van der Waals surface area contributed by atoms with Gasteiger partial charge in [-0.3, -0.25) is 9.69 Å². The van der Waals surface area contributed by atoms with Crippen molar-refractivity contribution in [1.82, 2.24) is 0 Å². The summed E-state index contributed by atoms with van der Waals surface area (Å²) >= 11 is 12.7. The molecule has 0 bridgehead atoms. The summed E-state index contributed by atoms with van der Waals surface area (Å²) in [6.07, 6.45) is 1.89. The molecule has 4 rings (SSSR count). The first-order valence-corrected chi connectivity index (χ1v) is 11.3. The molecule has 1 heterocycles. The molecule has 1 aliphatic heterocycles. The largest absolute Gasteiger partial charge is 0.488 e. The Kier molecular flexibility index (Phi) is 6.46. The average molecular weight is 466 g/mol. The number of hydrogen-bond donors (Lipinski definition) is 0. The van der Waals surface area contributed by atoms with Crippen LogP contribution >= 0.6 is 35.6 Å². The standard InChI is InChI=1S/C25H20ClNO2S2/c1-16-12-19(13-17(2)23(16)29-15-18-8-10-20(26)11-9-18)14-22-24(28)27(25(30)31-22)21-6-4-3-5-7-21/h3-14H,15H2,1-2H3/b22-14+. The second-order valence-corrected chi connectivity index (χ2v) is 9.36. The van der Waals surface area contributed by atoms with Gasteiger partial charge in [0.1, 0.15) is 12.4 Å². The number of thioether (sulfide) groups is 1. The van der Waals surface area contributed by atoms with Gasteiger partial charge in [0.15, 0.2) is 4.32 Å². The van der Waals surface area contributed by atoms with Crippen LogP contribution in [0.25, 0.3) is 6.08 Å². The highest BCUT2D eigenvalue weighted by atomic mass is 35.5. The summed E-state index contributed by atoms with van der Waals surface area (Å²) in [6.45, 7) is 4.49. The van der Waals surface area contributed by atoms with Crippen LogP contribution in [0.3, 0.4) is 0 Å². The molecule has 6 heteroatoms. The number of halogens is 1. The molecule has 0 unspecified atom stereocenters. The smallest absolute Gasteiger partial charge is 0.270 e. The molecule has 1 aliphatic rings. The van der Waals surface area contributed by atoms with Gasteiger partial charge in [-0.25, -0.2) is 0 Å². The molecule has 3 nitrogen and oxygen atoms in total. The molecule has 1 amide bonds. The molecule has 0 radical (unpaired) electrons. The van der Waals surface area contributed by atoms with Crippen molar-refractivity contribution < 1.29 is 9.53 Å². The topological polar surface area (TPSA) is 29.5 Å². The molecular weight excluding hydrogens is 446 g/mol. The van der Waals surface area contributed by atoms with Crippen LogP contribution in [0.2, 0.25) is 5.02 Å². The van der Waals surface area contributed by atoms with Crippen molar-refractivity contribution in [2.45, 2.75) is 20.5 Å². The first-order chi connectivity index (χ1) is 14.9. The van der Waals surface area contributed by atoms with E-state index in [0.29, 0.717) is 20.9 Å². The number of nitrogens with zero attached hydrogens (tertiary/aromatic N) is 1. The quantitative estimate of drug-likeness (QED) is 0.301. The summed E-state index contributed by atoms with van der Waals surface area (Å²) in [7, 11) is 0. The van der Waals surface area contributed by atoms with Gasteiger partial charge in [-0.15, -0.1) is 0 Å². The van der Waals surface area contributed by atoms with Crippen molar-refractivity contribution in [3.63, 3.8) is 0 Å². The summed E-state index contributed by atoms with van der Waals surface area (Å²) in [5.74, 6) is 0.753. The van der Waals surface area contributed by atoms with Gasteiger partial charge >= 0.3 is 0 Å². The molecular formula is C25H20ClNO2S2. The molecule has 3 aromatic carbocycles. The van der Waals surface area contributed by atoms with Crippen LogP contribution < -0.4 is 9.64 Å². The summed E-state index contributed by atoms with van der Waals surface area (Å²) < 4.78 is 6.61. The zero-order valence-corrected chi connectivity index (χ0v) is 19.5. The summed E-state index contributed by atoms with van der Waals surface area (Å²) in [5, 5.41) is 0.707. The van der Waals surface area contributed by atoms with Crippen LogP contribution in [0.15, 0.2) is 71.6 Å². The number of rotatable bonds is 5. The third kappa shape index (κ3) is 4.85. The number of ether oxygens (including phenoxy) is 1. The van der Waals surface area contributed by atoms with E-state index in [0.717, 1.165) is 33.7 Å². The number of carbonyl (C=O) groups excluding carboxylic acids is 1. The molecule has 31 heavy (non-hydrogen) atoms. The summed E-state index contributed by atoms with van der Waals surface area (Å²) in [6, 6.07) is 21.1. The minimum atomic E-state index is -0.0976. The van der Waals surface area contributed by atoms with Crippen molar-refractivity contribution in [3.8, 4) is 5.75 Å². The Hall–Kier alpha value is -2.60. The molecule has 0 N–H and O–H groups in total. The van der Waals surface area contributed by atoms with Crippen LogP contribution in [-0.4, -0.2) is 10.2 Å². The Labute approximate surface area is 196 Å². The Balaban J connectivity index is 1.54. The van der Waals surface area contributed by atoms with Gasteiger partial charge < -0.3 is 4.74 Å². The fraction of sp³-hybridized carbons (Fsp3) is 0.120. The maximum absolute atomic E-state index is 13.0. The molecule has 3 aromatic rings. The summed E-state index contributed by atoms with van der Waals surface area (Å²) in [4.78, 5) is 15.1. The van der Waals surface area contributed by atoms with E-state index in [-0.39, 0.29) is 5.91 Å². The van der Waals surface area contributed by atoms with Crippen molar-refractivity contribution in [2.24, 2.45) is 0 Å². The first-order valence-electron chi connectivity index (χ1n) is 9.74. The highest BCUT2D eigenvalue weighted by molar-refractivity contribution is 8.27. The fourth-order valence-corrected chi connectivity index (χ4v) is 4.87.